The highest BCUT2D eigenvalue weighted by Gasteiger charge is 2.41. The van der Waals surface area contributed by atoms with Gasteiger partial charge >= 0.3 is 12.1 Å². The maximum absolute atomic E-state index is 12.8. The Morgan fingerprint density at radius 2 is 2.08 bits per heavy atom. The number of alkyl halides is 3. The van der Waals surface area contributed by atoms with E-state index in [-0.39, 0.29) is 25.5 Å². The second-order valence-corrected chi connectivity index (χ2v) is 6.24. The molecule has 3 unspecified atom stereocenters. The lowest BCUT2D eigenvalue weighted by Crippen LogP contribution is -2.43. The average molecular weight is 359 g/mol. The van der Waals surface area contributed by atoms with E-state index in [0.29, 0.717) is 5.56 Å². The van der Waals surface area contributed by atoms with Crippen molar-refractivity contribution in [1.82, 2.24) is 4.90 Å². The molecule has 25 heavy (non-hydrogen) atoms. The molecule has 3 atom stereocenters. The van der Waals surface area contributed by atoms with Crippen LogP contribution in [0.4, 0.5) is 13.2 Å². The Bertz CT molecular complexity index is 647. The minimum Gasteiger partial charge on any atom is -0.480 e. The van der Waals surface area contributed by atoms with Gasteiger partial charge in [0.25, 0.3) is 0 Å². The molecule has 8 heteroatoms. The van der Waals surface area contributed by atoms with E-state index in [2.05, 4.69) is 0 Å². The summed E-state index contributed by atoms with van der Waals surface area (Å²) in [6.07, 6.45) is -4.50. The molecule has 5 nitrogen and oxygen atoms in total. The van der Waals surface area contributed by atoms with Gasteiger partial charge in [0.15, 0.2) is 0 Å². The number of carbonyl (C=O) groups is 2. The van der Waals surface area contributed by atoms with Gasteiger partial charge in [0.05, 0.1) is 11.7 Å². The standard InChI is InChI=1S/C17H20F3NO4/c1-10(6-11-4-3-5-12(7-11)17(18,19)20)15(22)21-9-13(25-2)8-14(21)16(23)24/h3-5,7,10,13-14H,6,8-9H2,1-2H3,(H,23,24). The molecule has 1 fully saturated rings. The Balaban J connectivity index is 2.11. The van der Waals surface area contributed by atoms with Gasteiger partial charge < -0.3 is 14.7 Å². The summed E-state index contributed by atoms with van der Waals surface area (Å²) in [7, 11) is 1.45. The quantitative estimate of drug-likeness (QED) is 0.878. The zero-order chi connectivity index (χ0) is 18.8. The summed E-state index contributed by atoms with van der Waals surface area (Å²) in [4.78, 5) is 25.2. The van der Waals surface area contributed by atoms with Crippen LogP contribution in [-0.4, -0.2) is 47.7 Å². The third-order valence-electron chi connectivity index (χ3n) is 4.38. The SMILES string of the molecule is COC1CC(C(=O)O)N(C(=O)C(C)Cc2cccc(C(F)(F)F)c2)C1. The molecule has 0 aliphatic carbocycles. The second kappa shape index (κ2) is 7.43. The smallest absolute Gasteiger partial charge is 0.416 e. The van der Waals surface area contributed by atoms with E-state index >= 15 is 0 Å². The van der Waals surface area contributed by atoms with Gasteiger partial charge in [-0.2, -0.15) is 13.2 Å². The molecule has 1 aliphatic rings. The molecule has 1 aliphatic heterocycles. The Labute approximate surface area is 143 Å². The fourth-order valence-electron chi connectivity index (χ4n) is 3.04. The van der Waals surface area contributed by atoms with E-state index in [1.165, 1.54) is 24.1 Å². The number of aliphatic carboxylic acids is 1. The summed E-state index contributed by atoms with van der Waals surface area (Å²) in [5, 5.41) is 9.27. The first-order valence-corrected chi connectivity index (χ1v) is 7.85. The van der Waals surface area contributed by atoms with Crippen molar-refractivity contribution < 1.29 is 32.6 Å². The number of halogens is 3. The van der Waals surface area contributed by atoms with Crippen molar-refractivity contribution in [3.63, 3.8) is 0 Å². The molecule has 1 amide bonds. The van der Waals surface area contributed by atoms with Crippen LogP contribution in [0.15, 0.2) is 24.3 Å². The van der Waals surface area contributed by atoms with Crippen LogP contribution in [0.3, 0.4) is 0 Å². The Hall–Kier alpha value is -2.09. The highest BCUT2D eigenvalue weighted by molar-refractivity contribution is 5.85. The largest absolute Gasteiger partial charge is 0.480 e. The molecule has 1 N–H and O–H groups in total. The van der Waals surface area contributed by atoms with Crippen molar-refractivity contribution in [2.75, 3.05) is 13.7 Å². The molecule has 0 spiro atoms. The number of carboxylic acids is 1. The number of benzene rings is 1. The monoisotopic (exact) mass is 359 g/mol. The molecule has 0 saturated carbocycles. The van der Waals surface area contributed by atoms with Gasteiger partial charge in [0, 0.05) is 26.0 Å². The predicted molar refractivity (Wildman–Crippen MR) is 82.9 cm³/mol. The number of hydrogen-bond donors (Lipinski definition) is 1. The van der Waals surface area contributed by atoms with E-state index in [0.717, 1.165) is 12.1 Å². The first-order chi connectivity index (χ1) is 11.6. The number of methoxy groups -OCH3 is 1. The summed E-state index contributed by atoms with van der Waals surface area (Å²) in [6.45, 7) is 1.75. The number of carbonyl (C=O) groups excluding carboxylic acids is 1. The molecule has 0 bridgehead atoms. The van der Waals surface area contributed by atoms with E-state index in [9.17, 15) is 27.9 Å². The summed E-state index contributed by atoms with van der Waals surface area (Å²) < 4.78 is 43.5. The van der Waals surface area contributed by atoms with Crippen molar-refractivity contribution in [1.29, 1.82) is 0 Å². The van der Waals surface area contributed by atoms with Crippen LogP contribution >= 0.6 is 0 Å². The molecule has 1 heterocycles. The van der Waals surface area contributed by atoms with Crippen LogP contribution in [0.2, 0.25) is 0 Å². The summed E-state index contributed by atoms with van der Waals surface area (Å²) in [5.74, 6) is -2.15. The van der Waals surface area contributed by atoms with Crippen molar-refractivity contribution >= 4 is 11.9 Å². The van der Waals surface area contributed by atoms with Gasteiger partial charge in [0.1, 0.15) is 6.04 Å². The number of carboxylic acid groups (broad SMARTS) is 1. The zero-order valence-electron chi connectivity index (χ0n) is 13.9. The highest BCUT2D eigenvalue weighted by Crippen LogP contribution is 2.30. The van der Waals surface area contributed by atoms with Gasteiger partial charge in [-0.05, 0) is 18.1 Å². The maximum Gasteiger partial charge on any atom is 0.416 e. The lowest BCUT2D eigenvalue weighted by Gasteiger charge is -2.25. The Morgan fingerprint density at radius 3 is 2.64 bits per heavy atom. The molecule has 1 aromatic rings. The molecule has 2 rings (SSSR count). The summed E-state index contributed by atoms with van der Waals surface area (Å²) in [6, 6.07) is 3.84. The van der Waals surface area contributed by atoms with Crippen molar-refractivity contribution in [2.45, 2.75) is 38.1 Å². The normalized spacial score (nSPS) is 22.0. The second-order valence-electron chi connectivity index (χ2n) is 6.24. The third-order valence-corrected chi connectivity index (χ3v) is 4.38. The summed E-state index contributed by atoms with van der Waals surface area (Å²) >= 11 is 0. The molecule has 1 aromatic carbocycles. The number of amides is 1. The van der Waals surface area contributed by atoms with Gasteiger partial charge in [-0.25, -0.2) is 4.79 Å². The van der Waals surface area contributed by atoms with Crippen LogP contribution in [0.5, 0.6) is 0 Å². The van der Waals surface area contributed by atoms with E-state index < -0.39 is 35.6 Å². The van der Waals surface area contributed by atoms with Crippen molar-refractivity contribution in [3.05, 3.63) is 35.4 Å². The predicted octanol–water partition coefficient (Wildman–Crippen LogP) is 2.58. The number of likely N-dealkylation sites (tertiary alicyclic amines) is 1. The first kappa shape index (κ1) is 19.2. The summed E-state index contributed by atoms with van der Waals surface area (Å²) in [5.41, 5.74) is -0.390. The average Bonchev–Trinajstić information content (AvgIpc) is 2.98. The van der Waals surface area contributed by atoms with Crippen molar-refractivity contribution in [2.24, 2.45) is 5.92 Å². The molecular formula is C17H20F3NO4. The topological polar surface area (TPSA) is 66.8 Å². The van der Waals surface area contributed by atoms with Crippen LogP contribution in [0.25, 0.3) is 0 Å². The van der Waals surface area contributed by atoms with E-state index in [4.69, 9.17) is 4.74 Å². The molecule has 138 valence electrons. The van der Waals surface area contributed by atoms with Gasteiger partial charge in [-0.1, -0.05) is 25.1 Å². The number of hydrogen-bond acceptors (Lipinski definition) is 3. The van der Waals surface area contributed by atoms with Gasteiger partial charge in [0.2, 0.25) is 5.91 Å². The minimum atomic E-state index is -4.45. The van der Waals surface area contributed by atoms with Crippen LogP contribution in [-0.2, 0) is 26.9 Å². The molecule has 0 radical (unpaired) electrons. The Kier molecular flexibility index (Phi) is 5.72. The number of ether oxygens (including phenoxy) is 1. The van der Waals surface area contributed by atoms with Crippen LogP contribution < -0.4 is 0 Å². The lowest BCUT2D eigenvalue weighted by molar-refractivity contribution is -0.149. The molecule has 0 aromatic heterocycles. The third kappa shape index (κ3) is 4.50. The minimum absolute atomic E-state index is 0.100. The van der Waals surface area contributed by atoms with E-state index in [1.807, 2.05) is 0 Å². The zero-order valence-corrected chi connectivity index (χ0v) is 13.9. The fourth-order valence-corrected chi connectivity index (χ4v) is 3.04. The molecular weight excluding hydrogens is 339 g/mol. The Morgan fingerprint density at radius 1 is 1.40 bits per heavy atom. The van der Waals surface area contributed by atoms with Crippen molar-refractivity contribution in [3.8, 4) is 0 Å². The number of rotatable bonds is 5. The number of nitrogens with zero attached hydrogens (tertiary/aromatic N) is 1. The molecule has 1 saturated heterocycles. The maximum atomic E-state index is 12.8. The first-order valence-electron chi connectivity index (χ1n) is 7.85. The van der Waals surface area contributed by atoms with E-state index in [1.54, 1.807) is 6.92 Å². The van der Waals surface area contributed by atoms with Gasteiger partial charge in [-0.15, -0.1) is 0 Å². The fraction of sp³-hybridized carbons (Fsp3) is 0.529. The van der Waals surface area contributed by atoms with Crippen LogP contribution in [0.1, 0.15) is 24.5 Å². The lowest BCUT2D eigenvalue weighted by atomic mass is 9.98. The highest BCUT2D eigenvalue weighted by atomic mass is 19.4. The van der Waals surface area contributed by atoms with Crippen LogP contribution in [0, 0.1) is 5.92 Å². The van der Waals surface area contributed by atoms with Gasteiger partial charge in [-0.3, -0.25) is 4.79 Å².